The summed E-state index contributed by atoms with van der Waals surface area (Å²) >= 11 is 0. The number of carbonyl (C=O) groups is 1. The van der Waals surface area contributed by atoms with E-state index in [0.717, 1.165) is 38.8 Å². The molecule has 3 aliphatic rings. The molecule has 1 aromatic carbocycles. The Morgan fingerprint density at radius 1 is 1.23 bits per heavy atom. The number of carboxylic acid groups (broad SMARTS) is 1. The van der Waals surface area contributed by atoms with Gasteiger partial charge < -0.3 is 10.0 Å². The first kappa shape index (κ1) is 17.5. The Hall–Kier alpha value is -1.93. The van der Waals surface area contributed by atoms with Crippen LogP contribution >= 0.6 is 0 Å². The molecule has 1 aromatic rings. The Kier molecular flexibility index (Phi) is 4.48. The van der Waals surface area contributed by atoms with Crippen molar-refractivity contribution in [3.8, 4) is 6.07 Å². The van der Waals surface area contributed by atoms with E-state index in [9.17, 15) is 14.3 Å². The average Bonchev–Trinajstić information content (AvgIpc) is 3.32. The van der Waals surface area contributed by atoms with Gasteiger partial charge in [0, 0.05) is 6.04 Å². The molecule has 1 N–H and O–H groups in total. The maximum Gasteiger partial charge on any atom is 0.310 e. The predicted octanol–water partition coefficient (Wildman–Crippen LogP) is 3.79. The second-order valence-electron chi connectivity index (χ2n) is 8.30. The van der Waals surface area contributed by atoms with E-state index in [1.807, 2.05) is 12.1 Å². The van der Waals surface area contributed by atoms with Crippen molar-refractivity contribution < 1.29 is 14.3 Å². The van der Waals surface area contributed by atoms with Gasteiger partial charge in [-0.25, -0.2) is 4.39 Å². The van der Waals surface area contributed by atoms with Gasteiger partial charge in [0.15, 0.2) is 0 Å². The van der Waals surface area contributed by atoms with Crippen molar-refractivity contribution in [2.75, 3.05) is 13.1 Å². The van der Waals surface area contributed by atoms with Gasteiger partial charge in [-0.15, -0.1) is 0 Å². The summed E-state index contributed by atoms with van der Waals surface area (Å²) in [7, 11) is 0. The van der Waals surface area contributed by atoms with Crippen LogP contribution in [0.3, 0.4) is 0 Å². The zero-order valence-corrected chi connectivity index (χ0v) is 14.9. The lowest BCUT2D eigenvalue weighted by atomic mass is 9.79. The van der Waals surface area contributed by atoms with Gasteiger partial charge in [-0.2, -0.15) is 5.26 Å². The number of likely N-dealkylation sites (tertiary alicyclic amines) is 1. The smallest absolute Gasteiger partial charge is 0.310 e. The van der Waals surface area contributed by atoms with Gasteiger partial charge in [0.1, 0.15) is 5.82 Å². The minimum atomic E-state index is -0.705. The lowest BCUT2D eigenvalue weighted by molar-refractivity contribution is -0.150. The standard InChI is InChI=1S/C21H25FN2O2/c22-17-3-1-14(2-4-17)15-6-9-24(10-7-15)18-5-8-21(12-18,20(25)26)19-11-16(19)13-23/h1-4,15-16,18-19H,5-12H2,(H,25,26). The van der Waals surface area contributed by atoms with Crippen LogP contribution in [0.5, 0.6) is 0 Å². The van der Waals surface area contributed by atoms with Crippen molar-refractivity contribution in [3.63, 3.8) is 0 Å². The van der Waals surface area contributed by atoms with Gasteiger partial charge in [0.2, 0.25) is 0 Å². The molecule has 1 saturated heterocycles. The van der Waals surface area contributed by atoms with Gasteiger partial charge in [0.05, 0.1) is 17.4 Å². The number of halogens is 1. The van der Waals surface area contributed by atoms with Crippen LogP contribution in [0.25, 0.3) is 0 Å². The highest BCUT2D eigenvalue weighted by Crippen LogP contribution is 2.59. The van der Waals surface area contributed by atoms with Gasteiger partial charge in [-0.3, -0.25) is 4.79 Å². The molecule has 4 nitrogen and oxygen atoms in total. The van der Waals surface area contributed by atoms with E-state index in [1.54, 1.807) is 0 Å². The summed E-state index contributed by atoms with van der Waals surface area (Å²) in [5, 5.41) is 19.0. The SMILES string of the molecule is N#CC1CC1C1(C(=O)O)CCC(N2CCC(c3ccc(F)cc3)CC2)C1. The van der Waals surface area contributed by atoms with Gasteiger partial charge in [-0.05, 0) is 81.1 Å². The Morgan fingerprint density at radius 2 is 1.92 bits per heavy atom. The second kappa shape index (κ2) is 6.66. The van der Waals surface area contributed by atoms with E-state index in [2.05, 4.69) is 11.0 Å². The maximum atomic E-state index is 13.1. The molecule has 0 amide bonds. The molecule has 4 atom stereocenters. The lowest BCUT2D eigenvalue weighted by Gasteiger charge is -2.37. The van der Waals surface area contributed by atoms with Crippen molar-refractivity contribution >= 4 is 5.97 Å². The predicted molar refractivity (Wildman–Crippen MR) is 94.9 cm³/mol. The number of carboxylic acids is 1. The highest BCUT2D eigenvalue weighted by molar-refractivity contribution is 5.76. The first-order valence-corrected chi connectivity index (χ1v) is 9.66. The number of benzene rings is 1. The van der Waals surface area contributed by atoms with Gasteiger partial charge in [-0.1, -0.05) is 12.1 Å². The molecule has 4 rings (SSSR count). The topological polar surface area (TPSA) is 64.3 Å². The van der Waals surface area contributed by atoms with E-state index in [0.29, 0.717) is 24.8 Å². The van der Waals surface area contributed by atoms with Crippen LogP contribution in [0.2, 0.25) is 0 Å². The molecule has 26 heavy (non-hydrogen) atoms. The largest absolute Gasteiger partial charge is 0.481 e. The number of aliphatic carboxylic acids is 1. The van der Waals surface area contributed by atoms with E-state index in [1.165, 1.54) is 17.7 Å². The summed E-state index contributed by atoms with van der Waals surface area (Å²) in [6, 6.07) is 9.41. The molecule has 0 bridgehead atoms. The monoisotopic (exact) mass is 356 g/mol. The molecule has 2 aliphatic carbocycles. The Labute approximate surface area is 153 Å². The molecule has 4 unspecified atom stereocenters. The Morgan fingerprint density at radius 3 is 2.50 bits per heavy atom. The summed E-state index contributed by atoms with van der Waals surface area (Å²) in [6.07, 6.45) is 5.13. The summed E-state index contributed by atoms with van der Waals surface area (Å²) in [4.78, 5) is 14.5. The maximum absolute atomic E-state index is 13.1. The highest BCUT2D eigenvalue weighted by atomic mass is 19.1. The number of hydrogen-bond donors (Lipinski definition) is 1. The molecule has 0 radical (unpaired) electrons. The van der Waals surface area contributed by atoms with E-state index >= 15 is 0 Å². The van der Waals surface area contributed by atoms with Crippen molar-refractivity contribution in [2.24, 2.45) is 17.3 Å². The molecule has 0 aromatic heterocycles. The molecule has 1 aliphatic heterocycles. The van der Waals surface area contributed by atoms with Crippen molar-refractivity contribution in [3.05, 3.63) is 35.6 Å². The Bertz CT molecular complexity index is 721. The second-order valence-corrected chi connectivity index (χ2v) is 8.30. The van der Waals surface area contributed by atoms with Crippen LogP contribution in [0.4, 0.5) is 4.39 Å². The van der Waals surface area contributed by atoms with Gasteiger partial charge in [0.25, 0.3) is 0 Å². The molecule has 1 heterocycles. The quantitative estimate of drug-likeness (QED) is 0.891. The molecular formula is C21H25FN2O2. The van der Waals surface area contributed by atoms with Crippen LogP contribution < -0.4 is 0 Å². The van der Waals surface area contributed by atoms with Crippen LogP contribution in [0, 0.1) is 34.4 Å². The normalized spacial score (nSPS) is 35.2. The molecule has 5 heteroatoms. The third-order valence-electron chi connectivity index (χ3n) is 7.00. The molecule has 3 fully saturated rings. The fourth-order valence-electron chi connectivity index (χ4n) is 5.33. The van der Waals surface area contributed by atoms with E-state index in [-0.39, 0.29) is 17.7 Å². The third kappa shape index (κ3) is 3.01. The summed E-state index contributed by atoms with van der Waals surface area (Å²) in [5.74, 6) is -0.452. The highest BCUT2D eigenvalue weighted by Gasteiger charge is 2.60. The first-order valence-electron chi connectivity index (χ1n) is 9.66. The van der Waals surface area contributed by atoms with Gasteiger partial charge >= 0.3 is 5.97 Å². The number of nitriles is 1. The van der Waals surface area contributed by atoms with Crippen molar-refractivity contribution in [2.45, 2.75) is 50.5 Å². The summed E-state index contributed by atoms with van der Waals surface area (Å²) in [5.41, 5.74) is 0.519. The number of nitrogens with zero attached hydrogens (tertiary/aromatic N) is 2. The lowest BCUT2D eigenvalue weighted by Crippen LogP contribution is -2.41. The Balaban J connectivity index is 1.37. The minimum Gasteiger partial charge on any atom is -0.481 e. The number of piperidine rings is 1. The van der Waals surface area contributed by atoms with Crippen LogP contribution in [0.1, 0.15) is 50.0 Å². The van der Waals surface area contributed by atoms with Crippen molar-refractivity contribution in [1.82, 2.24) is 4.90 Å². The molecular weight excluding hydrogens is 331 g/mol. The van der Waals surface area contributed by atoms with Crippen molar-refractivity contribution in [1.29, 1.82) is 5.26 Å². The third-order valence-corrected chi connectivity index (χ3v) is 7.00. The fraction of sp³-hybridized carbons (Fsp3) is 0.619. The van der Waals surface area contributed by atoms with Crippen LogP contribution in [-0.2, 0) is 4.79 Å². The van der Waals surface area contributed by atoms with Crippen LogP contribution in [-0.4, -0.2) is 35.1 Å². The number of hydrogen-bond acceptors (Lipinski definition) is 3. The minimum absolute atomic E-state index is 0.0479. The summed E-state index contributed by atoms with van der Waals surface area (Å²) < 4.78 is 13.1. The first-order chi connectivity index (χ1) is 12.5. The average molecular weight is 356 g/mol. The van der Waals surface area contributed by atoms with E-state index in [4.69, 9.17) is 5.26 Å². The zero-order valence-electron chi connectivity index (χ0n) is 14.9. The summed E-state index contributed by atoms with van der Waals surface area (Å²) in [6.45, 7) is 1.93. The van der Waals surface area contributed by atoms with E-state index < -0.39 is 11.4 Å². The molecule has 138 valence electrons. The molecule has 0 spiro atoms. The zero-order chi connectivity index (χ0) is 18.3. The number of rotatable bonds is 4. The molecule has 2 saturated carbocycles. The van der Waals surface area contributed by atoms with Crippen LogP contribution in [0.15, 0.2) is 24.3 Å². The fourth-order valence-corrected chi connectivity index (χ4v) is 5.33.